The fraction of sp³-hybridized carbons (Fsp3) is 0.105. The second-order valence-electron chi connectivity index (χ2n) is 5.42. The maximum absolute atomic E-state index is 10.4. The predicted molar refractivity (Wildman–Crippen MR) is 90.1 cm³/mol. The Morgan fingerprint density at radius 1 is 1.00 bits per heavy atom. The maximum atomic E-state index is 10.4. The van der Waals surface area contributed by atoms with Gasteiger partial charge < -0.3 is 10.0 Å². The van der Waals surface area contributed by atoms with Crippen LogP contribution in [0.5, 0.6) is 5.75 Å². The Hall–Kier alpha value is -2.99. The monoisotopic (exact) mass is 288 g/mol. The molecule has 0 bridgehead atoms. The van der Waals surface area contributed by atoms with Gasteiger partial charge in [-0.15, -0.1) is 0 Å². The highest BCUT2D eigenvalue weighted by atomic mass is 16.3. The summed E-state index contributed by atoms with van der Waals surface area (Å²) in [5.74, 6) is 0.219. The van der Waals surface area contributed by atoms with E-state index in [1.54, 1.807) is 12.1 Å². The molecule has 0 aromatic heterocycles. The highest BCUT2D eigenvalue weighted by molar-refractivity contribution is 6.02. The Morgan fingerprint density at radius 3 is 2.50 bits per heavy atom. The summed E-state index contributed by atoms with van der Waals surface area (Å²) in [5.41, 5.74) is 3.16. The Morgan fingerprint density at radius 2 is 1.77 bits per heavy atom. The first kappa shape index (κ1) is 14.0. The van der Waals surface area contributed by atoms with E-state index in [9.17, 15) is 10.4 Å². The molecular formula is C19H16N2O. The van der Waals surface area contributed by atoms with Gasteiger partial charge in [0.05, 0.1) is 11.6 Å². The van der Waals surface area contributed by atoms with Crippen LogP contribution in [0.15, 0.2) is 54.6 Å². The second kappa shape index (κ2) is 5.42. The van der Waals surface area contributed by atoms with E-state index in [1.165, 1.54) is 0 Å². The van der Waals surface area contributed by atoms with Gasteiger partial charge in [0.1, 0.15) is 5.75 Å². The van der Waals surface area contributed by atoms with E-state index in [0.29, 0.717) is 5.56 Å². The number of aromatic hydroxyl groups is 1. The Kier molecular flexibility index (Phi) is 3.44. The van der Waals surface area contributed by atoms with Gasteiger partial charge in [0.2, 0.25) is 0 Å². The van der Waals surface area contributed by atoms with Gasteiger partial charge in [-0.05, 0) is 35.0 Å². The van der Waals surface area contributed by atoms with Gasteiger partial charge in [0.15, 0.2) is 0 Å². The Balaban J connectivity index is 2.41. The molecule has 3 heteroatoms. The van der Waals surface area contributed by atoms with Crippen LogP contribution in [0.2, 0.25) is 0 Å². The van der Waals surface area contributed by atoms with Gasteiger partial charge in [-0.25, -0.2) is 0 Å². The molecule has 0 aliphatic carbocycles. The van der Waals surface area contributed by atoms with Crippen LogP contribution in [-0.4, -0.2) is 19.2 Å². The van der Waals surface area contributed by atoms with Crippen molar-refractivity contribution in [2.75, 3.05) is 19.0 Å². The van der Waals surface area contributed by atoms with E-state index in [0.717, 1.165) is 27.6 Å². The zero-order valence-electron chi connectivity index (χ0n) is 12.5. The van der Waals surface area contributed by atoms with Crippen LogP contribution in [0.25, 0.3) is 21.9 Å². The molecule has 0 radical (unpaired) electrons. The van der Waals surface area contributed by atoms with Gasteiger partial charge in [0.25, 0.3) is 0 Å². The molecule has 3 rings (SSSR count). The highest BCUT2D eigenvalue weighted by Gasteiger charge is 2.15. The molecule has 1 N–H and O–H groups in total. The molecule has 3 aromatic carbocycles. The van der Waals surface area contributed by atoms with Gasteiger partial charge in [-0.2, -0.15) is 5.26 Å². The summed E-state index contributed by atoms with van der Waals surface area (Å²) >= 11 is 0. The fourth-order valence-electron chi connectivity index (χ4n) is 2.74. The number of benzene rings is 3. The van der Waals surface area contributed by atoms with Crippen LogP contribution in [0, 0.1) is 11.3 Å². The molecule has 3 nitrogen and oxygen atoms in total. The largest absolute Gasteiger partial charge is 0.507 e. The van der Waals surface area contributed by atoms with E-state index in [4.69, 9.17) is 0 Å². The fourth-order valence-corrected chi connectivity index (χ4v) is 2.74. The highest BCUT2D eigenvalue weighted by Crippen LogP contribution is 2.41. The van der Waals surface area contributed by atoms with E-state index in [2.05, 4.69) is 6.07 Å². The lowest BCUT2D eigenvalue weighted by molar-refractivity contribution is 0.478. The van der Waals surface area contributed by atoms with Gasteiger partial charge in [-0.1, -0.05) is 30.3 Å². The first-order chi connectivity index (χ1) is 10.6. The summed E-state index contributed by atoms with van der Waals surface area (Å²) in [4.78, 5) is 1.98. The molecule has 0 heterocycles. The summed E-state index contributed by atoms with van der Waals surface area (Å²) in [7, 11) is 3.90. The zero-order chi connectivity index (χ0) is 15.7. The first-order valence-corrected chi connectivity index (χ1v) is 7.04. The Labute approximate surface area is 129 Å². The molecule has 22 heavy (non-hydrogen) atoms. The number of rotatable bonds is 2. The molecule has 0 aliphatic rings. The number of phenols is 1. The number of anilines is 1. The number of hydrogen-bond acceptors (Lipinski definition) is 3. The number of phenolic OH excluding ortho intramolecular Hbond substituents is 1. The maximum Gasteiger partial charge on any atom is 0.124 e. The summed E-state index contributed by atoms with van der Waals surface area (Å²) in [6.07, 6.45) is 0. The second-order valence-corrected chi connectivity index (χ2v) is 5.42. The van der Waals surface area contributed by atoms with Crippen molar-refractivity contribution >= 4 is 16.5 Å². The third-order valence-electron chi connectivity index (χ3n) is 3.78. The topological polar surface area (TPSA) is 47.3 Å². The van der Waals surface area contributed by atoms with Crippen molar-refractivity contribution in [1.29, 1.82) is 5.26 Å². The van der Waals surface area contributed by atoms with Crippen molar-refractivity contribution in [2.24, 2.45) is 0 Å². The average Bonchev–Trinajstić information content (AvgIpc) is 2.54. The number of hydrogen-bond donors (Lipinski definition) is 1. The smallest absolute Gasteiger partial charge is 0.124 e. The molecule has 0 unspecified atom stereocenters. The van der Waals surface area contributed by atoms with E-state index in [-0.39, 0.29) is 5.75 Å². The normalized spacial score (nSPS) is 10.4. The van der Waals surface area contributed by atoms with Crippen molar-refractivity contribution in [2.45, 2.75) is 0 Å². The van der Waals surface area contributed by atoms with Crippen LogP contribution in [-0.2, 0) is 0 Å². The zero-order valence-corrected chi connectivity index (χ0v) is 12.5. The minimum Gasteiger partial charge on any atom is -0.507 e. The third kappa shape index (κ3) is 2.25. The minimum absolute atomic E-state index is 0.219. The molecule has 0 atom stereocenters. The summed E-state index contributed by atoms with van der Waals surface area (Å²) in [5, 5.41) is 21.7. The van der Waals surface area contributed by atoms with Crippen molar-refractivity contribution < 1.29 is 5.11 Å². The van der Waals surface area contributed by atoms with Crippen LogP contribution in [0.1, 0.15) is 5.56 Å². The standard InChI is InChI=1S/C19H16N2O/c1-21(2)17-9-7-13(12-20)11-16(17)19-15-6-4-3-5-14(15)8-10-18(19)22/h3-11,22H,1-2H3. The van der Waals surface area contributed by atoms with E-state index < -0.39 is 0 Å². The summed E-state index contributed by atoms with van der Waals surface area (Å²) in [6.45, 7) is 0. The number of nitriles is 1. The number of fused-ring (bicyclic) bond motifs is 1. The lowest BCUT2D eigenvalue weighted by Crippen LogP contribution is -2.10. The molecule has 0 aliphatic heterocycles. The number of nitrogens with zero attached hydrogens (tertiary/aromatic N) is 2. The van der Waals surface area contributed by atoms with Crippen LogP contribution >= 0.6 is 0 Å². The Bertz CT molecular complexity index is 892. The molecule has 0 amide bonds. The molecule has 3 aromatic rings. The molecular weight excluding hydrogens is 272 g/mol. The lowest BCUT2D eigenvalue weighted by Gasteiger charge is -2.19. The van der Waals surface area contributed by atoms with Crippen molar-refractivity contribution in [3.05, 3.63) is 60.2 Å². The van der Waals surface area contributed by atoms with Crippen molar-refractivity contribution in [1.82, 2.24) is 0 Å². The lowest BCUT2D eigenvalue weighted by atomic mass is 9.94. The average molecular weight is 288 g/mol. The predicted octanol–water partition coefficient (Wildman–Crippen LogP) is 4.15. The van der Waals surface area contributed by atoms with Crippen molar-refractivity contribution in [3.63, 3.8) is 0 Å². The minimum atomic E-state index is 0.219. The van der Waals surface area contributed by atoms with Crippen LogP contribution in [0.4, 0.5) is 5.69 Å². The van der Waals surface area contributed by atoms with E-state index in [1.807, 2.05) is 61.5 Å². The quantitative estimate of drug-likeness (QED) is 0.770. The molecule has 108 valence electrons. The molecule has 0 saturated carbocycles. The van der Waals surface area contributed by atoms with E-state index >= 15 is 0 Å². The van der Waals surface area contributed by atoms with Crippen molar-refractivity contribution in [3.8, 4) is 22.9 Å². The first-order valence-electron chi connectivity index (χ1n) is 7.04. The summed E-state index contributed by atoms with van der Waals surface area (Å²) in [6, 6.07) is 19.2. The van der Waals surface area contributed by atoms with Crippen LogP contribution < -0.4 is 4.90 Å². The van der Waals surface area contributed by atoms with Gasteiger partial charge >= 0.3 is 0 Å². The SMILES string of the molecule is CN(C)c1ccc(C#N)cc1-c1c(O)ccc2ccccc12. The van der Waals surface area contributed by atoms with Gasteiger partial charge in [-0.3, -0.25) is 0 Å². The molecule has 0 saturated heterocycles. The third-order valence-corrected chi connectivity index (χ3v) is 3.78. The molecule has 0 spiro atoms. The molecule has 0 fully saturated rings. The van der Waals surface area contributed by atoms with Gasteiger partial charge in [0, 0.05) is 30.9 Å². The summed E-state index contributed by atoms with van der Waals surface area (Å²) < 4.78 is 0. The van der Waals surface area contributed by atoms with Crippen LogP contribution in [0.3, 0.4) is 0 Å².